The highest BCUT2D eigenvalue weighted by atomic mass is 32.1. The molecule has 0 saturated carbocycles. The third kappa shape index (κ3) is 5.50. The van der Waals surface area contributed by atoms with E-state index < -0.39 is 12.0 Å². The van der Waals surface area contributed by atoms with E-state index in [4.69, 9.17) is 9.15 Å². The van der Waals surface area contributed by atoms with Gasteiger partial charge in [-0.05, 0) is 61.9 Å². The lowest BCUT2D eigenvalue weighted by atomic mass is 9.95. The summed E-state index contributed by atoms with van der Waals surface area (Å²) in [4.78, 5) is 44.6. The van der Waals surface area contributed by atoms with Crippen LogP contribution in [0.1, 0.15) is 41.6 Å². The van der Waals surface area contributed by atoms with E-state index in [9.17, 15) is 19.5 Å². The van der Waals surface area contributed by atoms with Gasteiger partial charge in [0.05, 0.1) is 34.0 Å². The maximum absolute atomic E-state index is 14.0. The monoisotopic (exact) mass is 605 g/mol. The highest BCUT2D eigenvalue weighted by Gasteiger charge is 2.32. The topological polar surface area (TPSA) is 123 Å². The van der Waals surface area contributed by atoms with Gasteiger partial charge in [0, 0.05) is 17.3 Å². The zero-order valence-electron chi connectivity index (χ0n) is 23.8. The molecule has 0 bridgehead atoms. The number of thiazole rings is 1. The Labute approximate surface area is 255 Å². The first-order valence-corrected chi connectivity index (χ1v) is 14.7. The number of carbonyl (C=O) groups excluding carboxylic acids is 1. The van der Waals surface area contributed by atoms with Gasteiger partial charge < -0.3 is 19.6 Å². The van der Waals surface area contributed by atoms with Crippen LogP contribution in [0.25, 0.3) is 17.4 Å². The summed E-state index contributed by atoms with van der Waals surface area (Å²) >= 11 is 1.18. The molecule has 5 aromatic rings. The number of para-hydroxylation sites is 1. The minimum Gasteiger partial charge on any atom is -0.494 e. The van der Waals surface area contributed by atoms with Crippen LogP contribution >= 0.6 is 11.3 Å². The van der Waals surface area contributed by atoms with Gasteiger partial charge in [-0.15, -0.1) is 0 Å². The lowest BCUT2D eigenvalue weighted by Gasteiger charge is -2.25. The number of carboxylic acids is 1. The van der Waals surface area contributed by atoms with Crippen LogP contribution in [-0.4, -0.2) is 28.2 Å². The summed E-state index contributed by atoms with van der Waals surface area (Å²) in [6, 6.07) is 25.6. The number of benzene rings is 3. The summed E-state index contributed by atoms with van der Waals surface area (Å²) in [6.07, 6.45) is 1.61. The first kappa shape index (κ1) is 28.6. The number of anilines is 1. The van der Waals surface area contributed by atoms with Crippen LogP contribution < -0.4 is 24.9 Å². The van der Waals surface area contributed by atoms with E-state index in [1.807, 2.05) is 49.4 Å². The summed E-state index contributed by atoms with van der Waals surface area (Å²) in [5.41, 5.74) is 2.39. The number of ether oxygens (including phenoxy) is 1. The van der Waals surface area contributed by atoms with Crippen molar-refractivity contribution in [2.75, 3.05) is 11.9 Å². The van der Waals surface area contributed by atoms with Crippen LogP contribution in [0.2, 0.25) is 0 Å². The Morgan fingerprint density at radius 2 is 1.75 bits per heavy atom. The van der Waals surface area contributed by atoms with Crippen molar-refractivity contribution in [1.29, 1.82) is 0 Å². The number of nitrogens with zero attached hydrogens (tertiary/aromatic N) is 2. The molecule has 0 fully saturated rings. The number of aromatic nitrogens is 1. The lowest BCUT2D eigenvalue weighted by Crippen LogP contribution is -2.40. The van der Waals surface area contributed by atoms with Gasteiger partial charge >= 0.3 is 5.97 Å². The third-order valence-electron chi connectivity index (χ3n) is 7.13. The molecule has 3 aromatic carbocycles. The fraction of sp³-hybridized carbons (Fsp3) is 0.118. The SMILES string of the molecule is CCOc1ccc([C@@H]2C(C(=O)Nc3ccccc3)=C(C)N=c3s/c(=C\c4ccc(-c5ccccc5C(=O)O)o4)c(=O)n32)cc1. The van der Waals surface area contributed by atoms with E-state index in [1.165, 1.54) is 22.0 Å². The van der Waals surface area contributed by atoms with Crippen molar-refractivity contribution in [2.24, 2.45) is 4.99 Å². The molecule has 1 aliphatic rings. The molecule has 6 rings (SSSR count). The van der Waals surface area contributed by atoms with E-state index in [1.54, 1.807) is 55.5 Å². The lowest BCUT2D eigenvalue weighted by molar-refractivity contribution is -0.113. The Morgan fingerprint density at radius 3 is 2.48 bits per heavy atom. The second kappa shape index (κ2) is 12.0. The number of carbonyl (C=O) groups is 2. The quantitative estimate of drug-likeness (QED) is 0.250. The fourth-order valence-electron chi connectivity index (χ4n) is 5.15. The second-order valence-electron chi connectivity index (χ2n) is 9.96. The molecule has 220 valence electrons. The zero-order chi connectivity index (χ0) is 30.8. The van der Waals surface area contributed by atoms with Gasteiger partial charge in [0.25, 0.3) is 11.5 Å². The number of hydrogen-bond donors (Lipinski definition) is 2. The van der Waals surface area contributed by atoms with Crippen LogP contribution in [0, 0.1) is 0 Å². The molecular formula is C34H27N3O6S. The minimum atomic E-state index is -1.07. The molecule has 1 aliphatic heterocycles. The molecule has 2 aromatic heterocycles. The molecule has 0 aliphatic carbocycles. The van der Waals surface area contributed by atoms with Gasteiger partial charge in [0.1, 0.15) is 17.3 Å². The van der Waals surface area contributed by atoms with Crippen molar-refractivity contribution in [1.82, 2.24) is 4.57 Å². The normalized spacial score (nSPS) is 14.6. The van der Waals surface area contributed by atoms with Crippen LogP contribution in [0.3, 0.4) is 0 Å². The van der Waals surface area contributed by atoms with Crippen LogP contribution in [0.15, 0.2) is 116 Å². The van der Waals surface area contributed by atoms with Gasteiger partial charge in [0.15, 0.2) is 4.80 Å². The minimum absolute atomic E-state index is 0.111. The average molecular weight is 606 g/mol. The Kier molecular flexibility index (Phi) is 7.82. The number of amides is 1. The van der Waals surface area contributed by atoms with Gasteiger partial charge in [-0.2, -0.15) is 0 Å². The Bertz CT molecular complexity index is 2090. The van der Waals surface area contributed by atoms with E-state index in [0.717, 1.165) is 5.56 Å². The highest BCUT2D eigenvalue weighted by molar-refractivity contribution is 7.07. The molecule has 44 heavy (non-hydrogen) atoms. The molecule has 0 saturated heterocycles. The number of allylic oxidation sites excluding steroid dienone is 1. The van der Waals surface area contributed by atoms with Gasteiger partial charge in [0.2, 0.25) is 0 Å². The standard InChI is InChI=1S/C34H27N3O6S/c1-3-42-23-15-13-21(14-16-23)30-29(31(38)36-22-9-5-4-6-10-22)20(2)35-34-37(30)32(39)28(44-34)19-24-17-18-27(43-24)25-11-7-8-12-26(25)33(40)41/h4-19,30H,3H2,1-2H3,(H,36,38)(H,40,41)/b28-19-/t30-/m1/s1. The predicted molar refractivity (Wildman–Crippen MR) is 168 cm³/mol. The summed E-state index contributed by atoms with van der Waals surface area (Å²) in [5, 5.41) is 12.5. The highest BCUT2D eigenvalue weighted by Crippen LogP contribution is 2.32. The number of furan rings is 1. The van der Waals surface area contributed by atoms with Crippen LogP contribution in [-0.2, 0) is 4.79 Å². The molecule has 2 N–H and O–H groups in total. The molecule has 0 unspecified atom stereocenters. The van der Waals surface area contributed by atoms with Gasteiger partial charge in [-0.25, -0.2) is 9.79 Å². The zero-order valence-corrected chi connectivity index (χ0v) is 24.6. The van der Waals surface area contributed by atoms with Crippen molar-refractivity contribution in [3.8, 4) is 17.1 Å². The van der Waals surface area contributed by atoms with Crippen molar-refractivity contribution < 1.29 is 23.8 Å². The molecule has 9 nitrogen and oxygen atoms in total. The number of fused-ring (bicyclic) bond motifs is 1. The van der Waals surface area contributed by atoms with E-state index >= 15 is 0 Å². The molecule has 1 amide bonds. The van der Waals surface area contributed by atoms with Crippen molar-refractivity contribution in [3.05, 3.63) is 139 Å². The number of rotatable bonds is 8. The van der Waals surface area contributed by atoms with E-state index in [-0.39, 0.29) is 17.0 Å². The molecular weight excluding hydrogens is 578 g/mol. The summed E-state index contributed by atoms with van der Waals surface area (Å²) in [6.45, 7) is 4.17. The summed E-state index contributed by atoms with van der Waals surface area (Å²) in [7, 11) is 0. The number of nitrogens with one attached hydrogen (secondary N) is 1. The molecule has 3 heterocycles. The predicted octanol–water partition coefficient (Wildman–Crippen LogP) is 5.23. The summed E-state index contributed by atoms with van der Waals surface area (Å²) < 4.78 is 13.5. The molecule has 0 radical (unpaired) electrons. The Morgan fingerprint density at radius 1 is 1.02 bits per heavy atom. The second-order valence-corrected chi connectivity index (χ2v) is 11.0. The first-order chi connectivity index (χ1) is 21.3. The molecule has 10 heteroatoms. The van der Waals surface area contributed by atoms with Gasteiger partial charge in [-0.1, -0.05) is 59.9 Å². The molecule has 1 atom stereocenters. The van der Waals surface area contributed by atoms with E-state index in [0.29, 0.717) is 55.7 Å². The summed E-state index contributed by atoms with van der Waals surface area (Å²) in [5.74, 6) is -0.00872. The van der Waals surface area contributed by atoms with Crippen molar-refractivity contribution in [2.45, 2.75) is 19.9 Å². The average Bonchev–Trinajstić information content (AvgIpc) is 3.61. The number of carboxylic acid groups (broad SMARTS) is 1. The smallest absolute Gasteiger partial charge is 0.336 e. The molecule has 0 spiro atoms. The maximum atomic E-state index is 14.0. The fourth-order valence-corrected chi connectivity index (χ4v) is 6.18. The number of aromatic carboxylic acids is 1. The largest absolute Gasteiger partial charge is 0.494 e. The number of hydrogen-bond acceptors (Lipinski definition) is 7. The Balaban J connectivity index is 1.45. The van der Waals surface area contributed by atoms with Crippen LogP contribution in [0.5, 0.6) is 5.75 Å². The van der Waals surface area contributed by atoms with E-state index in [2.05, 4.69) is 10.3 Å². The maximum Gasteiger partial charge on any atom is 0.336 e. The van der Waals surface area contributed by atoms with Gasteiger partial charge in [-0.3, -0.25) is 14.2 Å². The van der Waals surface area contributed by atoms with Crippen molar-refractivity contribution in [3.63, 3.8) is 0 Å². The Hall–Kier alpha value is -5.48. The third-order valence-corrected chi connectivity index (χ3v) is 8.11. The first-order valence-electron chi connectivity index (χ1n) is 13.9. The van der Waals surface area contributed by atoms with Crippen LogP contribution in [0.4, 0.5) is 5.69 Å². The van der Waals surface area contributed by atoms with Crippen molar-refractivity contribution >= 4 is 35.0 Å².